The molecule has 1 aliphatic carbocycles. The molecule has 0 aromatic heterocycles. The topological polar surface area (TPSA) is 38.3 Å². The summed E-state index contributed by atoms with van der Waals surface area (Å²) >= 11 is 0. The molecule has 2 atom stereocenters. The summed E-state index contributed by atoms with van der Waals surface area (Å²) in [5.41, 5.74) is 6.37. The average molecular weight is 366 g/mol. The molecule has 2 aromatic rings. The molecule has 0 aliphatic heterocycles. The van der Waals surface area contributed by atoms with Gasteiger partial charge in [-0.3, -0.25) is 4.79 Å². The number of hydrogen-bond donors (Lipinski definition) is 1. The number of benzene rings is 2. The predicted molar refractivity (Wildman–Crippen MR) is 110 cm³/mol. The number of carbonyl (C=O) groups is 1. The maximum absolute atomic E-state index is 12.7. The second-order valence-corrected chi connectivity index (χ2v) is 7.66. The van der Waals surface area contributed by atoms with Crippen LogP contribution in [0.4, 0.5) is 0 Å². The monoisotopic (exact) mass is 365 g/mol. The lowest BCUT2D eigenvalue weighted by Gasteiger charge is -2.24. The van der Waals surface area contributed by atoms with Crippen molar-refractivity contribution in [1.29, 1.82) is 0 Å². The Kier molecular flexibility index (Phi) is 6.20. The van der Waals surface area contributed by atoms with Crippen molar-refractivity contribution in [3.05, 3.63) is 64.2 Å². The van der Waals surface area contributed by atoms with Gasteiger partial charge in [0.25, 0.3) is 5.91 Å². The van der Waals surface area contributed by atoms with E-state index in [2.05, 4.69) is 43.4 Å². The van der Waals surface area contributed by atoms with Crippen molar-refractivity contribution in [2.75, 3.05) is 0 Å². The Morgan fingerprint density at radius 2 is 1.85 bits per heavy atom. The molecule has 0 unspecified atom stereocenters. The maximum Gasteiger partial charge on any atom is 0.261 e. The number of hydrogen-bond acceptors (Lipinski definition) is 2. The zero-order chi connectivity index (χ0) is 19.4. The zero-order valence-electron chi connectivity index (χ0n) is 17.0. The van der Waals surface area contributed by atoms with Gasteiger partial charge in [-0.2, -0.15) is 0 Å². The third-order valence-corrected chi connectivity index (χ3v) is 5.73. The standard InChI is InChI=1S/C24H31NO2/c1-5-22(21-14-13-19-10-6-7-11-20(19)15-21)25-24(26)18(4)27-23-12-8-9-16(2)17(23)3/h8-9,12-15,18,22H,5-7,10-11H2,1-4H3,(H,25,26)/t18-,22-/m0/s1. The van der Waals surface area contributed by atoms with Gasteiger partial charge in [0.2, 0.25) is 0 Å². The third-order valence-electron chi connectivity index (χ3n) is 5.73. The van der Waals surface area contributed by atoms with Crippen LogP contribution in [-0.2, 0) is 17.6 Å². The molecule has 2 aromatic carbocycles. The summed E-state index contributed by atoms with van der Waals surface area (Å²) in [5.74, 6) is 0.708. The van der Waals surface area contributed by atoms with E-state index in [0.29, 0.717) is 0 Å². The van der Waals surface area contributed by atoms with E-state index < -0.39 is 6.10 Å². The highest BCUT2D eigenvalue weighted by atomic mass is 16.5. The molecule has 0 fully saturated rings. The Morgan fingerprint density at radius 3 is 2.59 bits per heavy atom. The Bertz CT molecular complexity index is 812. The Morgan fingerprint density at radius 1 is 1.11 bits per heavy atom. The normalized spacial score (nSPS) is 15.6. The lowest BCUT2D eigenvalue weighted by atomic mass is 9.89. The molecule has 0 spiro atoms. The molecule has 3 rings (SSSR count). The highest BCUT2D eigenvalue weighted by Gasteiger charge is 2.21. The molecule has 1 aliphatic rings. The molecule has 1 amide bonds. The van der Waals surface area contributed by atoms with Crippen LogP contribution >= 0.6 is 0 Å². The second-order valence-electron chi connectivity index (χ2n) is 7.66. The smallest absolute Gasteiger partial charge is 0.261 e. The van der Waals surface area contributed by atoms with Crippen LogP contribution in [0.2, 0.25) is 0 Å². The SMILES string of the molecule is CC[C@H](NC(=O)[C@H](C)Oc1cccc(C)c1C)c1ccc2c(c1)CCCC2. The lowest BCUT2D eigenvalue weighted by molar-refractivity contribution is -0.128. The van der Waals surface area contributed by atoms with Gasteiger partial charge in [-0.15, -0.1) is 0 Å². The first-order valence-electron chi connectivity index (χ1n) is 10.1. The largest absolute Gasteiger partial charge is 0.481 e. The minimum absolute atomic E-state index is 0.0226. The van der Waals surface area contributed by atoms with Gasteiger partial charge in [0.15, 0.2) is 6.10 Å². The molecule has 0 bridgehead atoms. The third kappa shape index (κ3) is 4.52. The average Bonchev–Trinajstić information content (AvgIpc) is 2.69. The molecule has 0 radical (unpaired) electrons. The minimum Gasteiger partial charge on any atom is -0.481 e. The van der Waals surface area contributed by atoms with Crippen molar-refractivity contribution in [1.82, 2.24) is 5.32 Å². The summed E-state index contributed by atoms with van der Waals surface area (Å²) in [6.45, 7) is 8.00. The molecule has 144 valence electrons. The van der Waals surface area contributed by atoms with Crippen molar-refractivity contribution in [2.45, 2.75) is 71.9 Å². The fraction of sp³-hybridized carbons (Fsp3) is 0.458. The first kappa shape index (κ1) is 19.5. The van der Waals surface area contributed by atoms with Crippen LogP contribution in [0.3, 0.4) is 0 Å². The number of aryl methyl sites for hydroxylation is 3. The van der Waals surface area contributed by atoms with E-state index in [1.807, 2.05) is 26.0 Å². The first-order valence-corrected chi connectivity index (χ1v) is 10.1. The number of ether oxygens (including phenoxy) is 1. The maximum atomic E-state index is 12.7. The Labute approximate surface area is 163 Å². The van der Waals surface area contributed by atoms with Crippen molar-refractivity contribution in [3.8, 4) is 5.75 Å². The van der Waals surface area contributed by atoms with Crippen molar-refractivity contribution in [2.24, 2.45) is 0 Å². The Hall–Kier alpha value is -2.29. The molecular weight excluding hydrogens is 334 g/mol. The highest BCUT2D eigenvalue weighted by Crippen LogP contribution is 2.26. The van der Waals surface area contributed by atoms with Crippen molar-refractivity contribution in [3.63, 3.8) is 0 Å². The van der Waals surface area contributed by atoms with Crippen LogP contribution in [-0.4, -0.2) is 12.0 Å². The van der Waals surface area contributed by atoms with Gasteiger partial charge in [0, 0.05) is 0 Å². The zero-order valence-corrected chi connectivity index (χ0v) is 17.0. The van der Waals surface area contributed by atoms with Gasteiger partial charge in [0.1, 0.15) is 5.75 Å². The van der Waals surface area contributed by atoms with Gasteiger partial charge in [-0.1, -0.05) is 37.3 Å². The quantitative estimate of drug-likeness (QED) is 0.762. The van der Waals surface area contributed by atoms with E-state index in [4.69, 9.17) is 4.74 Å². The van der Waals surface area contributed by atoms with E-state index in [9.17, 15) is 4.79 Å². The van der Waals surface area contributed by atoms with Crippen LogP contribution in [0, 0.1) is 13.8 Å². The first-order chi connectivity index (χ1) is 13.0. The summed E-state index contributed by atoms with van der Waals surface area (Å²) in [5, 5.41) is 3.18. The summed E-state index contributed by atoms with van der Waals surface area (Å²) < 4.78 is 5.95. The molecule has 0 saturated heterocycles. The van der Waals surface area contributed by atoms with Crippen LogP contribution < -0.4 is 10.1 Å². The van der Waals surface area contributed by atoms with E-state index in [0.717, 1.165) is 24.2 Å². The minimum atomic E-state index is -0.530. The number of carbonyl (C=O) groups excluding carboxylic acids is 1. The molecule has 3 heteroatoms. The molecular formula is C24H31NO2. The van der Waals surface area contributed by atoms with Gasteiger partial charge in [-0.05, 0) is 86.8 Å². The van der Waals surface area contributed by atoms with Gasteiger partial charge >= 0.3 is 0 Å². The van der Waals surface area contributed by atoms with E-state index in [-0.39, 0.29) is 11.9 Å². The summed E-state index contributed by atoms with van der Waals surface area (Å²) in [4.78, 5) is 12.7. The van der Waals surface area contributed by atoms with Gasteiger partial charge in [0.05, 0.1) is 6.04 Å². The predicted octanol–water partition coefficient (Wildman–Crippen LogP) is 5.22. The van der Waals surface area contributed by atoms with E-state index in [1.165, 1.54) is 41.5 Å². The number of rotatable bonds is 6. The number of fused-ring (bicyclic) bond motifs is 1. The molecule has 1 N–H and O–H groups in total. The van der Waals surface area contributed by atoms with Crippen LogP contribution in [0.15, 0.2) is 36.4 Å². The summed E-state index contributed by atoms with van der Waals surface area (Å²) in [7, 11) is 0. The highest BCUT2D eigenvalue weighted by molar-refractivity contribution is 5.81. The lowest BCUT2D eigenvalue weighted by Crippen LogP contribution is -2.38. The Balaban J connectivity index is 1.68. The number of nitrogens with one attached hydrogen (secondary N) is 1. The van der Waals surface area contributed by atoms with Crippen LogP contribution in [0.25, 0.3) is 0 Å². The molecule has 0 saturated carbocycles. The van der Waals surface area contributed by atoms with E-state index in [1.54, 1.807) is 0 Å². The fourth-order valence-corrected chi connectivity index (χ4v) is 3.78. The molecule has 0 heterocycles. The van der Waals surface area contributed by atoms with Gasteiger partial charge < -0.3 is 10.1 Å². The van der Waals surface area contributed by atoms with Crippen LogP contribution in [0.5, 0.6) is 5.75 Å². The molecule has 27 heavy (non-hydrogen) atoms. The van der Waals surface area contributed by atoms with E-state index >= 15 is 0 Å². The van der Waals surface area contributed by atoms with Crippen molar-refractivity contribution >= 4 is 5.91 Å². The summed E-state index contributed by atoms with van der Waals surface area (Å²) in [6.07, 6.45) is 5.21. The summed E-state index contributed by atoms with van der Waals surface area (Å²) in [6, 6.07) is 12.7. The number of amides is 1. The second kappa shape index (κ2) is 8.60. The van der Waals surface area contributed by atoms with Gasteiger partial charge in [-0.25, -0.2) is 0 Å². The van der Waals surface area contributed by atoms with Crippen LogP contribution in [0.1, 0.15) is 67.0 Å². The van der Waals surface area contributed by atoms with Crippen molar-refractivity contribution < 1.29 is 9.53 Å². The fourth-order valence-electron chi connectivity index (χ4n) is 3.78. The molecule has 3 nitrogen and oxygen atoms in total.